The standard InChI is InChI=1S/C27H33N3O/c1-19-4-8-23(9-5-19)26-13-21-12-22(14-26)16-27(15-21,18-26)25(31)29-28-17-20-6-10-24(11-7-20)30(2)3/h4-11,17,21-22H,12-16,18H2,1-3H3,(H,29,31)/b28-17-/t21-,22+,26?,27?. The molecule has 1 N–H and O–H groups in total. The number of rotatable bonds is 5. The van der Waals surface area contributed by atoms with Gasteiger partial charge >= 0.3 is 0 Å². The number of carbonyl (C=O) groups is 1. The second-order valence-corrected chi connectivity index (χ2v) is 10.6. The van der Waals surface area contributed by atoms with Gasteiger partial charge in [0.25, 0.3) is 0 Å². The third-order valence-electron chi connectivity index (χ3n) is 8.00. The van der Waals surface area contributed by atoms with E-state index in [1.807, 2.05) is 26.2 Å². The molecule has 4 aliphatic carbocycles. The molecule has 2 aromatic rings. The van der Waals surface area contributed by atoms with Crippen LogP contribution in [0.3, 0.4) is 0 Å². The first-order valence-electron chi connectivity index (χ1n) is 11.6. The van der Waals surface area contributed by atoms with Crippen molar-refractivity contribution in [3.05, 3.63) is 65.2 Å². The number of anilines is 1. The molecule has 0 radical (unpaired) electrons. The lowest BCUT2D eigenvalue weighted by atomic mass is 9.42. The van der Waals surface area contributed by atoms with Gasteiger partial charge in [0.2, 0.25) is 5.91 Å². The molecule has 0 heterocycles. The molecule has 4 bridgehead atoms. The molecule has 6 rings (SSSR count). The quantitative estimate of drug-likeness (QED) is 0.549. The highest BCUT2D eigenvalue weighted by atomic mass is 16.2. The van der Waals surface area contributed by atoms with Crippen molar-refractivity contribution in [1.82, 2.24) is 5.43 Å². The maximum Gasteiger partial charge on any atom is 0.246 e. The minimum absolute atomic E-state index is 0.124. The van der Waals surface area contributed by atoms with E-state index in [1.54, 1.807) is 6.21 Å². The fraction of sp³-hybridized carbons (Fsp3) is 0.481. The SMILES string of the molecule is Cc1ccc(C23C[C@@H]4C[C@@H](CC(C(=O)N/N=C\c5ccc(N(C)C)cc5)(C4)C2)C3)cc1. The first kappa shape index (κ1) is 20.3. The summed E-state index contributed by atoms with van der Waals surface area (Å²) in [5.74, 6) is 1.45. The van der Waals surface area contributed by atoms with Gasteiger partial charge < -0.3 is 4.90 Å². The smallest absolute Gasteiger partial charge is 0.246 e. The Hall–Kier alpha value is -2.62. The number of hydrogen-bond acceptors (Lipinski definition) is 3. The first-order valence-corrected chi connectivity index (χ1v) is 11.6. The van der Waals surface area contributed by atoms with Gasteiger partial charge in [0.1, 0.15) is 0 Å². The fourth-order valence-corrected chi connectivity index (χ4v) is 6.92. The van der Waals surface area contributed by atoms with Crippen LogP contribution in [0.4, 0.5) is 5.69 Å². The molecule has 4 fully saturated rings. The Morgan fingerprint density at radius 3 is 2.26 bits per heavy atom. The van der Waals surface area contributed by atoms with Crippen LogP contribution in [0.25, 0.3) is 0 Å². The van der Waals surface area contributed by atoms with Crippen LogP contribution in [0.1, 0.15) is 55.2 Å². The van der Waals surface area contributed by atoms with Gasteiger partial charge in [-0.2, -0.15) is 5.10 Å². The summed E-state index contributed by atoms with van der Waals surface area (Å²) in [6, 6.07) is 17.3. The molecule has 0 spiro atoms. The number of benzene rings is 2. The largest absolute Gasteiger partial charge is 0.378 e. The Labute approximate surface area is 185 Å². The third-order valence-corrected chi connectivity index (χ3v) is 8.00. The zero-order valence-corrected chi connectivity index (χ0v) is 18.9. The summed E-state index contributed by atoms with van der Waals surface area (Å²) in [5, 5.41) is 4.34. The van der Waals surface area contributed by atoms with Crippen molar-refractivity contribution in [3.63, 3.8) is 0 Å². The Kier molecular flexibility index (Phi) is 4.91. The molecule has 0 aliphatic heterocycles. The molecule has 0 saturated heterocycles. The van der Waals surface area contributed by atoms with Crippen LogP contribution in [0.2, 0.25) is 0 Å². The van der Waals surface area contributed by atoms with Gasteiger partial charge in [0.15, 0.2) is 0 Å². The molecule has 2 unspecified atom stereocenters. The van der Waals surface area contributed by atoms with Gasteiger partial charge in [-0.1, -0.05) is 42.0 Å². The van der Waals surface area contributed by atoms with Crippen LogP contribution in [0, 0.1) is 24.2 Å². The molecule has 4 heteroatoms. The molecule has 162 valence electrons. The van der Waals surface area contributed by atoms with E-state index in [9.17, 15) is 4.79 Å². The van der Waals surface area contributed by atoms with E-state index < -0.39 is 0 Å². The molecule has 4 nitrogen and oxygen atoms in total. The average Bonchev–Trinajstić information content (AvgIpc) is 2.73. The number of hydrogen-bond donors (Lipinski definition) is 1. The van der Waals surface area contributed by atoms with Gasteiger partial charge in [0, 0.05) is 19.8 Å². The van der Waals surface area contributed by atoms with E-state index in [1.165, 1.54) is 30.4 Å². The predicted octanol–water partition coefficient (Wildman–Crippen LogP) is 5.05. The van der Waals surface area contributed by atoms with Crippen molar-refractivity contribution < 1.29 is 4.79 Å². The van der Waals surface area contributed by atoms with Gasteiger partial charge in [-0.05, 0) is 86.0 Å². The van der Waals surface area contributed by atoms with Crippen LogP contribution < -0.4 is 10.3 Å². The van der Waals surface area contributed by atoms with Crippen molar-refractivity contribution in [2.45, 2.75) is 50.9 Å². The topological polar surface area (TPSA) is 44.7 Å². The van der Waals surface area contributed by atoms with Gasteiger partial charge in [-0.3, -0.25) is 4.79 Å². The lowest BCUT2D eigenvalue weighted by Crippen LogP contribution is -2.58. The second kappa shape index (κ2) is 7.51. The molecule has 4 atom stereocenters. The minimum atomic E-state index is -0.263. The van der Waals surface area contributed by atoms with E-state index in [0.29, 0.717) is 11.8 Å². The first-order chi connectivity index (χ1) is 14.9. The van der Waals surface area contributed by atoms with Gasteiger partial charge in [-0.15, -0.1) is 0 Å². The number of hydrazone groups is 1. The molecule has 31 heavy (non-hydrogen) atoms. The van der Waals surface area contributed by atoms with Crippen LogP contribution in [-0.2, 0) is 10.2 Å². The van der Waals surface area contributed by atoms with Crippen molar-refractivity contribution in [2.24, 2.45) is 22.4 Å². The Bertz CT molecular complexity index is 976. The van der Waals surface area contributed by atoms with Gasteiger partial charge in [-0.25, -0.2) is 5.43 Å². The number of nitrogens with one attached hydrogen (secondary N) is 1. The number of nitrogens with zero attached hydrogens (tertiary/aromatic N) is 2. The monoisotopic (exact) mass is 415 g/mol. The number of amides is 1. The maximum absolute atomic E-state index is 13.4. The summed E-state index contributed by atoms with van der Waals surface area (Å²) >= 11 is 0. The molecular formula is C27H33N3O. The molecule has 2 aromatic carbocycles. The van der Waals surface area contributed by atoms with Crippen molar-refractivity contribution in [2.75, 3.05) is 19.0 Å². The third kappa shape index (κ3) is 3.66. The van der Waals surface area contributed by atoms with Crippen molar-refractivity contribution in [1.29, 1.82) is 0 Å². The molecular weight excluding hydrogens is 382 g/mol. The zero-order valence-electron chi connectivity index (χ0n) is 18.9. The van der Waals surface area contributed by atoms with Crippen LogP contribution in [0.5, 0.6) is 0 Å². The number of aryl methyl sites for hydroxylation is 1. The molecule has 4 saturated carbocycles. The van der Waals surface area contributed by atoms with Crippen LogP contribution >= 0.6 is 0 Å². The second-order valence-electron chi connectivity index (χ2n) is 10.6. The van der Waals surface area contributed by atoms with Crippen LogP contribution in [-0.4, -0.2) is 26.2 Å². The van der Waals surface area contributed by atoms with Crippen LogP contribution in [0.15, 0.2) is 53.6 Å². The molecule has 1 amide bonds. The minimum Gasteiger partial charge on any atom is -0.378 e. The van der Waals surface area contributed by atoms with E-state index in [0.717, 1.165) is 30.5 Å². The predicted molar refractivity (Wildman–Crippen MR) is 126 cm³/mol. The normalized spacial score (nSPS) is 31.2. The van der Waals surface area contributed by atoms with E-state index in [-0.39, 0.29) is 16.7 Å². The highest BCUT2D eigenvalue weighted by molar-refractivity contribution is 5.86. The summed E-state index contributed by atoms with van der Waals surface area (Å²) in [7, 11) is 4.05. The van der Waals surface area contributed by atoms with Gasteiger partial charge in [0.05, 0.1) is 11.6 Å². The Morgan fingerprint density at radius 1 is 1.00 bits per heavy atom. The van der Waals surface area contributed by atoms with E-state index >= 15 is 0 Å². The Morgan fingerprint density at radius 2 is 1.65 bits per heavy atom. The Balaban J connectivity index is 1.33. The summed E-state index contributed by atoms with van der Waals surface area (Å²) in [6.45, 7) is 2.14. The highest BCUT2D eigenvalue weighted by Gasteiger charge is 2.60. The number of carbonyl (C=O) groups excluding carboxylic acids is 1. The van der Waals surface area contributed by atoms with E-state index in [2.05, 4.69) is 58.7 Å². The molecule has 4 aliphatic rings. The zero-order chi connectivity index (χ0) is 21.6. The summed E-state index contributed by atoms with van der Waals surface area (Å²) in [4.78, 5) is 15.5. The lowest BCUT2D eigenvalue weighted by Gasteiger charge is -2.61. The maximum atomic E-state index is 13.4. The lowest BCUT2D eigenvalue weighted by molar-refractivity contribution is -0.149. The van der Waals surface area contributed by atoms with Crippen molar-refractivity contribution in [3.8, 4) is 0 Å². The molecule has 0 aromatic heterocycles. The highest BCUT2D eigenvalue weighted by Crippen LogP contribution is 2.65. The summed E-state index contributed by atoms with van der Waals surface area (Å²) in [5.41, 5.74) is 7.71. The average molecular weight is 416 g/mol. The fourth-order valence-electron chi connectivity index (χ4n) is 6.92. The summed E-state index contributed by atoms with van der Waals surface area (Å²) in [6.07, 6.45) is 8.55. The van der Waals surface area contributed by atoms with Crippen molar-refractivity contribution >= 4 is 17.8 Å². The van der Waals surface area contributed by atoms with E-state index in [4.69, 9.17) is 0 Å². The summed E-state index contributed by atoms with van der Waals surface area (Å²) < 4.78 is 0.